The fourth-order valence-electron chi connectivity index (χ4n) is 4.65. The third-order valence-corrected chi connectivity index (χ3v) is 7.77. The summed E-state index contributed by atoms with van der Waals surface area (Å²) in [6.45, 7) is 7.89. The number of aromatic nitrogens is 3. The maximum atomic E-state index is 12.9. The first-order valence-electron chi connectivity index (χ1n) is 13.7. The van der Waals surface area contributed by atoms with Crippen molar-refractivity contribution in [1.29, 1.82) is 0 Å². The van der Waals surface area contributed by atoms with Gasteiger partial charge in [0.1, 0.15) is 12.1 Å². The lowest BCUT2D eigenvalue weighted by molar-refractivity contribution is -0.274. The van der Waals surface area contributed by atoms with Gasteiger partial charge in [0.15, 0.2) is 11.0 Å². The maximum Gasteiger partial charge on any atom is 0.573 e. The van der Waals surface area contributed by atoms with E-state index in [0.717, 1.165) is 22.4 Å². The van der Waals surface area contributed by atoms with Crippen molar-refractivity contribution in [2.75, 3.05) is 10.7 Å². The molecule has 1 unspecified atom stereocenters. The Hall–Kier alpha value is -4.65. The lowest BCUT2D eigenvalue weighted by Gasteiger charge is -2.22. The summed E-state index contributed by atoms with van der Waals surface area (Å²) in [5, 5.41) is 7.62. The van der Waals surface area contributed by atoms with Crippen molar-refractivity contribution >= 4 is 34.6 Å². The number of ether oxygens (including phenoxy) is 1. The van der Waals surface area contributed by atoms with Crippen LogP contribution < -0.4 is 15.0 Å². The van der Waals surface area contributed by atoms with Crippen LogP contribution >= 0.6 is 11.8 Å². The van der Waals surface area contributed by atoms with E-state index in [4.69, 9.17) is 0 Å². The van der Waals surface area contributed by atoms with Crippen molar-refractivity contribution in [2.24, 2.45) is 4.99 Å². The lowest BCUT2D eigenvalue weighted by atomic mass is 9.99. The number of hydrogen-bond donors (Lipinski definition) is 1. The largest absolute Gasteiger partial charge is 0.573 e. The second-order valence-corrected chi connectivity index (χ2v) is 11.4. The number of rotatable bonds is 7. The average Bonchev–Trinajstić information content (AvgIpc) is 3.59. The van der Waals surface area contributed by atoms with Gasteiger partial charge >= 0.3 is 12.4 Å². The number of aryl methyl sites for hydroxylation is 1. The van der Waals surface area contributed by atoms with Crippen LogP contribution in [-0.4, -0.2) is 44.0 Å². The van der Waals surface area contributed by atoms with Gasteiger partial charge in [-0.3, -0.25) is 9.69 Å². The smallest absolute Gasteiger partial charge is 0.406 e. The fraction of sp³-hybridized carbons (Fsp3) is 0.258. The first kappa shape index (κ1) is 30.8. The number of amidine groups is 1. The Balaban J connectivity index is 1.25. The van der Waals surface area contributed by atoms with E-state index < -0.39 is 12.4 Å². The topological polar surface area (TPSA) is 102 Å². The number of benzene rings is 3. The predicted molar refractivity (Wildman–Crippen MR) is 163 cm³/mol. The lowest BCUT2D eigenvalue weighted by Crippen LogP contribution is -2.32. The molecule has 4 aromatic rings. The summed E-state index contributed by atoms with van der Waals surface area (Å²) in [7, 11) is 0. The number of nitrogens with one attached hydrogen (secondary N) is 1. The van der Waals surface area contributed by atoms with Gasteiger partial charge in [0.25, 0.3) is 0 Å². The highest BCUT2D eigenvalue weighted by Gasteiger charge is 2.33. The Morgan fingerprint density at radius 3 is 2.41 bits per heavy atom. The summed E-state index contributed by atoms with van der Waals surface area (Å²) in [5.74, 6) is 0.343. The average molecular weight is 623 g/mol. The minimum absolute atomic E-state index is 0.124. The zero-order chi connectivity index (χ0) is 31.6. The first-order valence-corrected chi connectivity index (χ1v) is 14.7. The molecular formula is C31H29F3N6O3S. The molecule has 44 heavy (non-hydrogen) atoms. The minimum atomic E-state index is -4.77. The van der Waals surface area contributed by atoms with Gasteiger partial charge in [-0.2, -0.15) is 4.99 Å². The summed E-state index contributed by atoms with van der Waals surface area (Å²) in [5.41, 5.74) is 4.78. The van der Waals surface area contributed by atoms with Gasteiger partial charge < -0.3 is 10.1 Å². The van der Waals surface area contributed by atoms with Gasteiger partial charge in [0, 0.05) is 5.56 Å². The standard InChI is InChI=1S/C31H29F3N6O3S/c1-18(2)25-14-5-19(3)15-26(25)40-27(41)16-44-30(40)37-29(42)36-20(4)21-6-8-22(9-7-21)28-35-17-39(38-28)23-10-12-24(13-11-23)43-31(32,33)34/h5-15,17-18,20H,16H2,1-4H3,(H,36,42). The number of alkyl halides is 3. The van der Waals surface area contributed by atoms with E-state index in [9.17, 15) is 22.8 Å². The number of halogens is 3. The molecule has 228 valence electrons. The van der Waals surface area contributed by atoms with Crippen LogP contribution in [0.4, 0.5) is 23.7 Å². The van der Waals surface area contributed by atoms with Crippen LogP contribution in [0, 0.1) is 6.92 Å². The number of thioether (sulfide) groups is 1. The Morgan fingerprint density at radius 1 is 1.05 bits per heavy atom. The zero-order valence-electron chi connectivity index (χ0n) is 24.3. The molecule has 1 N–H and O–H groups in total. The predicted octanol–water partition coefficient (Wildman–Crippen LogP) is 7.17. The molecule has 0 aliphatic carbocycles. The van der Waals surface area contributed by atoms with E-state index in [-0.39, 0.29) is 29.4 Å². The molecule has 1 atom stereocenters. The van der Waals surface area contributed by atoms with Gasteiger partial charge in [-0.1, -0.05) is 62.0 Å². The zero-order valence-corrected chi connectivity index (χ0v) is 25.1. The molecule has 2 heterocycles. The molecule has 0 saturated carbocycles. The normalized spacial score (nSPS) is 15.2. The Morgan fingerprint density at radius 2 is 1.75 bits per heavy atom. The number of urea groups is 1. The van der Waals surface area contributed by atoms with Gasteiger partial charge in [-0.15, -0.1) is 18.3 Å². The third kappa shape index (κ3) is 7.10. The first-order chi connectivity index (χ1) is 20.9. The van der Waals surface area contributed by atoms with Crippen molar-refractivity contribution < 1.29 is 27.5 Å². The molecule has 0 radical (unpaired) electrons. The highest BCUT2D eigenvalue weighted by atomic mass is 32.2. The van der Waals surface area contributed by atoms with Gasteiger partial charge in [-0.05, 0) is 66.8 Å². The monoisotopic (exact) mass is 622 g/mol. The molecule has 1 aliphatic rings. The molecule has 13 heteroatoms. The molecule has 0 spiro atoms. The number of carbonyl (C=O) groups is 2. The summed E-state index contributed by atoms with van der Waals surface area (Å²) in [6, 6.07) is 17.6. The number of amides is 3. The molecule has 1 aromatic heterocycles. The van der Waals surface area contributed by atoms with Crippen LogP contribution in [0.15, 0.2) is 78.0 Å². The van der Waals surface area contributed by atoms with E-state index in [1.807, 2.05) is 56.3 Å². The number of carbonyl (C=O) groups excluding carboxylic acids is 2. The number of aliphatic imine (C=N–C) groups is 1. The fourth-order valence-corrected chi connectivity index (χ4v) is 5.50. The van der Waals surface area contributed by atoms with E-state index >= 15 is 0 Å². The van der Waals surface area contributed by atoms with E-state index in [2.05, 4.69) is 39.0 Å². The van der Waals surface area contributed by atoms with Crippen LogP contribution in [0.2, 0.25) is 0 Å². The van der Waals surface area contributed by atoms with Gasteiger partial charge in [0.2, 0.25) is 5.91 Å². The molecular weight excluding hydrogens is 593 g/mol. The van der Waals surface area contributed by atoms with Crippen molar-refractivity contribution in [2.45, 2.75) is 46.0 Å². The molecule has 1 saturated heterocycles. The molecule has 1 fully saturated rings. The molecule has 3 aromatic carbocycles. The third-order valence-electron chi connectivity index (χ3n) is 6.85. The SMILES string of the molecule is Cc1ccc(C(C)C)c(N2C(=O)CSC2=NC(=O)NC(C)c2ccc(-c3ncn(-c4ccc(OC(F)(F)F)cc4)n3)cc2)c1. The highest BCUT2D eigenvalue weighted by Crippen LogP contribution is 2.34. The minimum Gasteiger partial charge on any atom is -0.406 e. The van der Waals surface area contributed by atoms with Crippen LogP contribution in [-0.2, 0) is 4.79 Å². The number of anilines is 1. The summed E-state index contributed by atoms with van der Waals surface area (Å²) in [6.07, 6.45) is -3.31. The van der Waals surface area contributed by atoms with Crippen molar-refractivity contribution in [3.63, 3.8) is 0 Å². The van der Waals surface area contributed by atoms with E-state index in [0.29, 0.717) is 22.2 Å². The second kappa shape index (κ2) is 12.5. The molecule has 1 aliphatic heterocycles. The van der Waals surface area contributed by atoms with Gasteiger partial charge in [-0.25, -0.2) is 14.5 Å². The highest BCUT2D eigenvalue weighted by molar-refractivity contribution is 8.15. The van der Waals surface area contributed by atoms with Crippen molar-refractivity contribution in [3.05, 3.63) is 89.7 Å². The summed E-state index contributed by atoms with van der Waals surface area (Å²) in [4.78, 5) is 35.8. The molecule has 5 rings (SSSR count). The van der Waals surface area contributed by atoms with Crippen LogP contribution in [0.5, 0.6) is 5.75 Å². The van der Waals surface area contributed by atoms with Crippen molar-refractivity contribution in [3.8, 4) is 22.8 Å². The van der Waals surface area contributed by atoms with Crippen LogP contribution in [0.3, 0.4) is 0 Å². The van der Waals surface area contributed by atoms with Crippen molar-refractivity contribution in [1.82, 2.24) is 20.1 Å². The second-order valence-electron chi connectivity index (χ2n) is 10.5. The quantitative estimate of drug-likeness (QED) is 0.235. The maximum absolute atomic E-state index is 12.9. The summed E-state index contributed by atoms with van der Waals surface area (Å²) < 4.78 is 42.6. The molecule has 3 amide bonds. The van der Waals surface area contributed by atoms with Gasteiger partial charge in [0.05, 0.1) is 23.2 Å². The number of nitrogens with zero attached hydrogens (tertiary/aromatic N) is 5. The Kier molecular flexibility index (Phi) is 8.77. The Bertz CT molecular complexity index is 1700. The molecule has 0 bridgehead atoms. The Labute approximate surface area is 256 Å². The van der Waals surface area contributed by atoms with Crippen LogP contribution in [0.1, 0.15) is 49.4 Å². The molecule has 9 nitrogen and oxygen atoms in total. The van der Waals surface area contributed by atoms with Crippen LogP contribution in [0.25, 0.3) is 17.1 Å². The van der Waals surface area contributed by atoms with E-state index in [1.165, 1.54) is 51.9 Å². The number of hydrogen-bond acceptors (Lipinski definition) is 6. The summed E-state index contributed by atoms with van der Waals surface area (Å²) >= 11 is 1.23. The van der Waals surface area contributed by atoms with E-state index in [1.54, 1.807) is 0 Å².